The van der Waals surface area contributed by atoms with E-state index in [2.05, 4.69) is 6.92 Å². The third-order valence-electron chi connectivity index (χ3n) is 0.961. The lowest BCUT2D eigenvalue weighted by Gasteiger charge is -2.12. The summed E-state index contributed by atoms with van der Waals surface area (Å²) in [5.41, 5.74) is 0. The van der Waals surface area contributed by atoms with Crippen LogP contribution < -0.4 is 0 Å². The van der Waals surface area contributed by atoms with E-state index in [0.29, 0.717) is 5.37 Å². The Morgan fingerprint density at radius 3 is 2.88 bits per heavy atom. The molecule has 0 saturated heterocycles. The van der Waals surface area contributed by atoms with Gasteiger partial charge in [-0.15, -0.1) is 11.8 Å². The zero-order valence-electron chi connectivity index (χ0n) is 4.38. The Labute approximate surface area is 58.8 Å². The fourth-order valence-electron chi connectivity index (χ4n) is 0.529. The molecular formula is C5H7ClNS. The lowest BCUT2D eigenvalue weighted by Crippen LogP contribution is -2.12. The number of nitrogens with zero attached hydrogens (tertiary/aromatic N) is 1. The summed E-state index contributed by atoms with van der Waals surface area (Å²) in [5, 5.41) is 2.33. The summed E-state index contributed by atoms with van der Waals surface area (Å²) in [4.78, 5) is 0. The molecule has 0 N–H and O–H groups in total. The quantitative estimate of drug-likeness (QED) is 0.525. The van der Waals surface area contributed by atoms with E-state index in [1.54, 1.807) is 16.2 Å². The van der Waals surface area contributed by atoms with E-state index < -0.39 is 0 Å². The van der Waals surface area contributed by atoms with Crippen LogP contribution in [0.5, 0.6) is 0 Å². The number of rotatable bonds is 1. The van der Waals surface area contributed by atoms with E-state index in [1.165, 1.54) is 0 Å². The molecule has 0 saturated carbocycles. The van der Waals surface area contributed by atoms with E-state index in [9.17, 15) is 0 Å². The molecule has 1 aliphatic heterocycles. The van der Waals surface area contributed by atoms with Crippen molar-refractivity contribution in [2.24, 2.45) is 0 Å². The van der Waals surface area contributed by atoms with Crippen LogP contribution in [0.4, 0.5) is 0 Å². The summed E-state index contributed by atoms with van der Waals surface area (Å²) < 4.78 is 1.65. The van der Waals surface area contributed by atoms with Gasteiger partial charge in [-0.3, -0.25) is 4.42 Å². The SMILES string of the molecule is [CH2]CC1SC=CN1Cl. The van der Waals surface area contributed by atoms with Gasteiger partial charge in [0, 0.05) is 18.0 Å². The summed E-state index contributed by atoms with van der Waals surface area (Å²) in [6, 6.07) is 0. The highest BCUT2D eigenvalue weighted by Gasteiger charge is 2.14. The first-order valence-electron chi connectivity index (χ1n) is 2.40. The number of hydrogen-bond donors (Lipinski definition) is 0. The van der Waals surface area contributed by atoms with Crippen LogP contribution in [0.2, 0.25) is 0 Å². The Kier molecular flexibility index (Phi) is 2.08. The second-order valence-corrected chi connectivity index (χ2v) is 2.99. The van der Waals surface area contributed by atoms with Crippen molar-refractivity contribution in [3.63, 3.8) is 0 Å². The number of halogens is 1. The van der Waals surface area contributed by atoms with E-state index in [0.717, 1.165) is 6.42 Å². The van der Waals surface area contributed by atoms with Gasteiger partial charge in [-0.2, -0.15) is 0 Å². The fraction of sp³-hybridized carbons (Fsp3) is 0.400. The molecule has 1 radical (unpaired) electrons. The van der Waals surface area contributed by atoms with Crippen molar-refractivity contribution in [3.8, 4) is 0 Å². The predicted molar refractivity (Wildman–Crippen MR) is 38.2 cm³/mol. The molecular weight excluding hydrogens is 142 g/mol. The van der Waals surface area contributed by atoms with Crippen LogP contribution in [-0.2, 0) is 0 Å². The largest absolute Gasteiger partial charge is 0.279 e. The highest BCUT2D eigenvalue weighted by molar-refractivity contribution is 8.02. The van der Waals surface area contributed by atoms with Gasteiger partial charge < -0.3 is 0 Å². The first-order valence-corrected chi connectivity index (χ1v) is 3.68. The minimum Gasteiger partial charge on any atom is -0.279 e. The predicted octanol–water partition coefficient (Wildman–Crippen LogP) is 2.21. The van der Waals surface area contributed by atoms with Gasteiger partial charge in [0.1, 0.15) is 0 Å². The van der Waals surface area contributed by atoms with Gasteiger partial charge >= 0.3 is 0 Å². The molecule has 1 atom stereocenters. The van der Waals surface area contributed by atoms with E-state index >= 15 is 0 Å². The molecule has 45 valence electrons. The van der Waals surface area contributed by atoms with Crippen molar-refractivity contribution >= 4 is 23.5 Å². The zero-order chi connectivity index (χ0) is 5.98. The van der Waals surface area contributed by atoms with Gasteiger partial charge in [0.05, 0.1) is 5.37 Å². The molecule has 1 aliphatic rings. The highest BCUT2D eigenvalue weighted by Crippen LogP contribution is 2.28. The number of hydrogen-bond acceptors (Lipinski definition) is 2. The van der Waals surface area contributed by atoms with Crippen molar-refractivity contribution in [2.75, 3.05) is 0 Å². The van der Waals surface area contributed by atoms with Crippen LogP contribution in [0.25, 0.3) is 0 Å². The molecule has 0 aromatic rings. The van der Waals surface area contributed by atoms with E-state index in [1.807, 2.05) is 11.6 Å². The molecule has 0 aliphatic carbocycles. The zero-order valence-corrected chi connectivity index (χ0v) is 5.95. The minimum atomic E-state index is 0.358. The van der Waals surface area contributed by atoms with Gasteiger partial charge in [-0.1, -0.05) is 6.92 Å². The Balaban J connectivity index is 2.38. The smallest absolute Gasteiger partial charge is 0.0945 e. The summed E-state index contributed by atoms with van der Waals surface area (Å²) in [5.74, 6) is 0. The monoisotopic (exact) mass is 148 g/mol. The van der Waals surface area contributed by atoms with E-state index in [-0.39, 0.29) is 0 Å². The van der Waals surface area contributed by atoms with Gasteiger partial charge in [-0.05, 0) is 11.8 Å². The molecule has 0 aromatic carbocycles. The molecule has 0 amide bonds. The maximum Gasteiger partial charge on any atom is 0.0945 e. The molecule has 0 bridgehead atoms. The molecule has 3 heteroatoms. The molecule has 8 heavy (non-hydrogen) atoms. The van der Waals surface area contributed by atoms with Gasteiger partial charge in [0.25, 0.3) is 0 Å². The molecule has 1 heterocycles. The average molecular weight is 149 g/mol. The molecule has 0 spiro atoms. The van der Waals surface area contributed by atoms with E-state index in [4.69, 9.17) is 11.8 Å². The minimum absolute atomic E-state index is 0.358. The van der Waals surface area contributed by atoms with Crippen molar-refractivity contribution in [1.29, 1.82) is 0 Å². The van der Waals surface area contributed by atoms with Crippen LogP contribution in [0.1, 0.15) is 6.42 Å². The Bertz CT molecular complexity index is 105. The molecule has 0 aromatic heterocycles. The van der Waals surface area contributed by atoms with Crippen molar-refractivity contribution in [2.45, 2.75) is 11.8 Å². The molecule has 1 rings (SSSR count). The van der Waals surface area contributed by atoms with Crippen LogP contribution in [0, 0.1) is 6.92 Å². The standard InChI is InChI=1S/C5H7ClNS/c1-2-5-7(6)3-4-8-5/h3-5H,1-2H2. The molecule has 1 unspecified atom stereocenters. The van der Waals surface area contributed by atoms with Crippen LogP contribution in [0.3, 0.4) is 0 Å². The van der Waals surface area contributed by atoms with Crippen molar-refractivity contribution < 1.29 is 0 Å². The summed E-state index contributed by atoms with van der Waals surface area (Å²) in [7, 11) is 0. The Morgan fingerprint density at radius 1 is 1.88 bits per heavy atom. The highest BCUT2D eigenvalue weighted by atomic mass is 35.5. The Hall–Kier alpha value is 0.180. The number of thioether (sulfide) groups is 1. The van der Waals surface area contributed by atoms with Crippen LogP contribution >= 0.6 is 23.5 Å². The average Bonchev–Trinajstić information content (AvgIpc) is 2.14. The molecule has 1 nitrogen and oxygen atoms in total. The fourth-order valence-corrected chi connectivity index (χ4v) is 1.59. The second-order valence-electron chi connectivity index (χ2n) is 1.51. The summed E-state index contributed by atoms with van der Waals surface area (Å²) >= 11 is 7.37. The first kappa shape index (κ1) is 6.30. The second kappa shape index (κ2) is 2.65. The first-order chi connectivity index (χ1) is 3.84. The normalized spacial score (nSPS) is 27.2. The van der Waals surface area contributed by atoms with Crippen molar-refractivity contribution in [3.05, 3.63) is 18.5 Å². The maximum atomic E-state index is 5.66. The lowest BCUT2D eigenvalue weighted by molar-refractivity contribution is 0.574. The lowest BCUT2D eigenvalue weighted by atomic mass is 10.5. The van der Waals surface area contributed by atoms with Gasteiger partial charge in [0.15, 0.2) is 0 Å². The van der Waals surface area contributed by atoms with Gasteiger partial charge in [0.2, 0.25) is 0 Å². The van der Waals surface area contributed by atoms with Crippen LogP contribution in [0.15, 0.2) is 11.6 Å². The molecule has 0 fully saturated rings. The summed E-state index contributed by atoms with van der Waals surface area (Å²) in [6.07, 6.45) is 2.70. The third kappa shape index (κ3) is 1.12. The van der Waals surface area contributed by atoms with Crippen LogP contribution in [-0.4, -0.2) is 9.79 Å². The Morgan fingerprint density at radius 2 is 2.62 bits per heavy atom. The maximum absolute atomic E-state index is 5.66. The summed E-state index contributed by atoms with van der Waals surface area (Å²) in [6.45, 7) is 3.73. The third-order valence-corrected chi connectivity index (χ3v) is 2.48. The van der Waals surface area contributed by atoms with Gasteiger partial charge in [-0.25, -0.2) is 0 Å². The van der Waals surface area contributed by atoms with Crippen molar-refractivity contribution in [1.82, 2.24) is 4.42 Å². The topological polar surface area (TPSA) is 3.24 Å².